The van der Waals surface area contributed by atoms with Crippen molar-refractivity contribution in [3.05, 3.63) is 59.7 Å². The van der Waals surface area contributed by atoms with E-state index in [0.717, 1.165) is 23.3 Å². The maximum Gasteiger partial charge on any atom is 0.408 e. The first kappa shape index (κ1) is 27.5. The average Bonchev–Trinajstić information content (AvgIpc) is 2.81. The zero-order valence-corrected chi connectivity index (χ0v) is 20.8. The highest BCUT2D eigenvalue weighted by atomic mass is 32.2. The zero-order valence-electron chi connectivity index (χ0n) is 20.0. The second-order valence-corrected chi connectivity index (χ2v) is 10.1. The highest BCUT2D eigenvalue weighted by Crippen LogP contribution is 2.31. The van der Waals surface area contributed by atoms with Gasteiger partial charge >= 0.3 is 6.09 Å². The molecule has 0 aliphatic rings. The number of hydrogen-bond donors (Lipinski definition) is 2. The molecule has 0 fully saturated rings. The van der Waals surface area contributed by atoms with E-state index in [1.807, 2.05) is 44.2 Å². The lowest BCUT2D eigenvalue weighted by molar-refractivity contribution is 0.151. The van der Waals surface area contributed by atoms with Gasteiger partial charge in [0.25, 0.3) is 0 Å². The van der Waals surface area contributed by atoms with Crippen LogP contribution in [0.1, 0.15) is 50.7 Å². The average molecular weight is 493 g/mol. The molecule has 2 N–H and O–H groups in total. The zero-order chi connectivity index (χ0) is 25.0. The third-order valence-electron chi connectivity index (χ3n) is 5.44. The Labute approximate surface area is 202 Å². The van der Waals surface area contributed by atoms with Gasteiger partial charge in [-0.3, -0.25) is 4.90 Å². The van der Waals surface area contributed by atoms with Crippen LogP contribution in [0.2, 0.25) is 0 Å². The molecule has 0 bridgehead atoms. The largest absolute Gasteiger partial charge is 0.504 e. The lowest BCUT2D eigenvalue weighted by atomic mass is 10.1. The molecule has 0 radical (unpaired) electrons. The lowest BCUT2D eigenvalue weighted by Gasteiger charge is -2.26. The SMILES string of the molecule is CCCCCN(CS(=O)(=O)N(CCC)CCc1cccc(OCc2ccccc2)c1O)C(=O)O. The van der Waals surface area contributed by atoms with E-state index in [2.05, 4.69) is 0 Å². The van der Waals surface area contributed by atoms with Crippen molar-refractivity contribution in [3.63, 3.8) is 0 Å². The van der Waals surface area contributed by atoms with Crippen LogP contribution in [0.4, 0.5) is 4.79 Å². The first-order valence-corrected chi connectivity index (χ1v) is 13.3. The highest BCUT2D eigenvalue weighted by molar-refractivity contribution is 7.89. The van der Waals surface area contributed by atoms with Crippen molar-refractivity contribution >= 4 is 16.1 Å². The van der Waals surface area contributed by atoms with Crippen molar-refractivity contribution in [1.29, 1.82) is 0 Å². The van der Waals surface area contributed by atoms with Crippen molar-refractivity contribution in [2.75, 3.05) is 25.5 Å². The van der Waals surface area contributed by atoms with Crippen molar-refractivity contribution in [2.45, 2.75) is 52.6 Å². The van der Waals surface area contributed by atoms with E-state index < -0.39 is 22.0 Å². The highest BCUT2D eigenvalue weighted by Gasteiger charge is 2.27. The second kappa shape index (κ2) is 13.8. The van der Waals surface area contributed by atoms with Gasteiger partial charge in [-0.15, -0.1) is 0 Å². The fraction of sp³-hybridized carbons (Fsp3) is 0.480. The molecule has 9 heteroatoms. The molecule has 34 heavy (non-hydrogen) atoms. The molecule has 0 saturated carbocycles. The molecule has 0 aliphatic heterocycles. The van der Waals surface area contributed by atoms with E-state index >= 15 is 0 Å². The van der Waals surface area contributed by atoms with Gasteiger partial charge < -0.3 is 14.9 Å². The Kier molecular flexibility index (Phi) is 11.2. The minimum atomic E-state index is -3.84. The predicted molar refractivity (Wildman–Crippen MR) is 132 cm³/mol. The van der Waals surface area contributed by atoms with Gasteiger partial charge in [-0.1, -0.05) is 69.2 Å². The van der Waals surface area contributed by atoms with Crippen molar-refractivity contribution in [2.24, 2.45) is 0 Å². The predicted octanol–water partition coefficient (Wildman–Crippen LogP) is 4.68. The van der Waals surface area contributed by atoms with Gasteiger partial charge in [0.2, 0.25) is 10.0 Å². The number of phenolic OH excluding ortho intramolecular Hbond substituents is 1. The van der Waals surface area contributed by atoms with Crippen molar-refractivity contribution < 1.29 is 28.2 Å². The number of rotatable bonds is 15. The first-order valence-electron chi connectivity index (χ1n) is 11.7. The number of aromatic hydroxyl groups is 1. The van der Waals surface area contributed by atoms with Gasteiger partial charge in [-0.2, -0.15) is 0 Å². The summed E-state index contributed by atoms with van der Waals surface area (Å²) in [4.78, 5) is 12.5. The molecular weight excluding hydrogens is 456 g/mol. The van der Waals surface area contributed by atoms with Crippen LogP contribution in [0.15, 0.2) is 48.5 Å². The Morgan fingerprint density at radius 2 is 1.68 bits per heavy atom. The maximum atomic E-state index is 13.0. The van der Waals surface area contributed by atoms with Gasteiger partial charge in [0.05, 0.1) is 0 Å². The number of carboxylic acid groups (broad SMARTS) is 1. The molecule has 0 aromatic heterocycles. The van der Waals surface area contributed by atoms with Gasteiger partial charge in [-0.25, -0.2) is 17.5 Å². The van der Waals surface area contributed by atoms with E-state index in [1.54, 1.807) is 18.2 Å². The lowest BCUT2D eigenvalue weighted by Crippen LogP contribution is -2.43. The first-order chi connectivity index (χ1) is 16.3. The van der Waals surface area contributed by atoms with Crippen LogP contribution < -0.4 is 4.74 Å². The van der Waals surface area contributed by atoms with Crippen LogP contribution in [0.3, 0.4) is 0 Å². The van der Waals surface area contributed by atoms with Crippen LogP contribution in [0.25, 0.3) is 0 Å². The number of benzene rings is 2. The standard InChI is InChI=1S/C25H36N2O6S/c1-3-5-9-17-26(25(29)30)20-34(31,32)27(16-4-2)18-15-22-13-10-14-23(24(22)28)33-19-21-11-7-6-8-12-21/h6-8,10-14,28H,3-5,9,15-20H2,1-2H3,(H,29,30). The topological polar surface area (TPSA) is 107 Å². The van der Waals surface area contributed by atoms with E-state index in [4.69, 9.17) is 4.74 Å². The number of hydrogen-bond acceptors (Lipinski definition) is 5. The minimum Gasteiger partial charge on any atom is -0.504 e. The molecule has 0 unspecified atom stereocenters. The Morgan fingerprint density at radius 3 is 2.32 bits per heavy atom. The molecule has 188 valence electrons. The summed E-state index contributed by atoms with van der Waals surface area (Å²) in [5, 5.41) is 20.1. The normalized spacial score (nSPS) is 11.5. The molecule has 0 spiro atoms. The van der Waals surface area contributed by atoms with Gasteiger partial charge in [0, 0.05) is 19.6 Å². The van der Waals surface area contributed by atoms with Gasteiger partial charge in [0.15, 0.2) is 11.5 Å². The number of carbonyl (C=O) groups is 1. The quantitative estimate of drug-likeness (QED) is 0.350. The van der Waals surface area contributed by atoms with Crippen LogP contribution in [0, 0.1) is 0 Å². The Morgan fingerprint density at radius 1 is 0.941 bits per heavy atom. The number of unbranched alkanes of at least 4 members (excludes halogenated alkanes) is 2. The summed E-state index contributed by atoms with van der Waals surface area (Å²) in [6.07, 6.45) is 2.00. The molecule has 0 saturated heterocycles. The smallest absolute Gasteiger partial charge is 0.408 e. The molecule has 0 aliphatic carbocycles. The Hall–Kier alpha value is -2.78. The third-order valence-corrected chi connectivity index (χ3v) is 7.23. The number of phenols is 1. The van der Waals surface area contributed by atoms with Crippen molar-refractivity contribution in [1.82, 2.24) is 9.21 Å². The summed E-state index contributed by atoms with van der Waals surface area (Å²) >= 11 is 0. The number of nitrogens with zero attached hydrogens (tertiary/aromatic N) is 2. The van der Waals surface area contributed by atoms with E-state index in [9.17, 15) is 23.4 Å². The fourth-order valence-electron chi connectivity index (χ4n) is 3.55. The summed E-state index contributed by atoms with van der Waals surface area (Å²) in [7, 11) is -3.84. The summed E-state index contributed by atoms with van der Waals surface area (Å²) in [5.74, 6) is -0.253. The molecule has 2 aromatic carbocycles. The van der Waals surface area contributed by atoms with Crippen LogP contribution in [-0.2, 0) is 23.1 Å². The van der Waals surface area contributed by atoms with E-state index in [1.165, 1.54) is 4.31 Å². The number of para-hydroxylation sites is 1. The molecule has 0 heterocycles. The third kappa shape index (κ3) is 8.53. The van der Waals surface area contributed by atoms with Crippen LogP contribution >= 0.6 is 0 Å². The second-order valence-electron chi connectivity index (χ2n) is 8.18. The maximum absolute atomic E-state index is 13.0. The van der Waals surface area contributed by atoms with E-state index in [0.29, 0.717) is 30.8 Å². The Bertz CT molecular complexity index is 998. The van der Waals surface area contributed by atoms with E-state index in [-0.39, 0.29) is 31.8 Å². The Balaban J connectivity index is 2.06. The molecule has 2 rings (SSSR count). The summed E-state index contributed by atoms with van der Waals surface area (Å²) in [6, 6.07) is 14.7. The van der Waals surface area contributed by atoms with Gasteiger partial charge in [-0.05, 0) is 36.5 Å². The summed E-state index contributed by atoms with van der Waals surface area (Å²) < 4.78 is 33.1. The number of amides is 1. The fourth-order valence-corrected chi connectivity index (χ4v) is 5.18. The summed E-state index contributed by atoms with van der Waals surface area (Å²) in [5.41, 5.74) is 1.54. The molecular formula is C25H36N2O6S. The van der Waals surface area contributed by atoms with Crippen LogP contribution in [0.5, 0.6) is 11.5 Å². The monoisotopic (exact) mass is 492 g/mol. The molecule has 2 aromatic rings. The molecule has 8 nitrogen and oxygen atoms in total. The van der Waals surface area contributed by atoms with Gasteiger partial charge in [0.1, 0.15) is 12.5 Å². The van der Waals surface area contributed by atoms with Crippen molar-refractivity contribution in [3.8, 4) is 11.5 Å². The minimum absolute atomic E-state index is 0.0148. The molecule has 0 atom stereocenters. The number of ether oxygens (including phenoxy) is 1. The van der Waals surface area contributed by atoms with Crippen LogP contribution in [-0.4, -0.2) is 59.4 Å². The number of sulfonamides is 1. The molecule has 1 amide bonds. The summed E-state index contributed by atoms with van der Waals surface area (Å²) in [6.45, 7) is 4.77.